The van der Waals surface area contributed by atoms with Gasteiger partial charge in [0.2, 0.25) is 0 Å². The number of methoxy groups -OCH3 is 1. The number of nitrogens with zero attached hydrogens (tertiary/aromatic N) is 1. The molecule has 0 unspecified atom stereocenters. The number of nitrogens with two attached hydrogens (primary N) is 1. The fraction of sp³-hybridized carbons (Fsp3) is 0.0833. The summed E-state index contributed by atoms with van der Waals surface area (Å²) in [5, 5.41) is 0.408. The zero-order valence-corrected chi connectivity index (χ0v) is 9.53. The molecule has 2 N–H and O–H groups in total. The number of nitrogen functional groups attached to an aromatic ring is 1. The van der Waals surface area contributed by atoms with Crippen molar-refractivity contribution in [3.8, 4) is 16.9 Å². The van der Waals surface area contributed by atoms with Crippen LogP contribution in [0.3, 0.4) is 0 Å². The summed E-state index contributed by atoms with van der Waals surface area (Å²) in [6, 6.07) is 9.25. The van der Waals surface area contributed by atoms with Gasteiger partial charge in [-0.15, -0.1) is 0 Å². The van der Waals surface area contributed by atoms with Crippen LogP contribution in [0, 0.1) is 0 Å². The van der Waals surface area contributed by atoms with Crippen LogP contribution in [0.15, 0.2) is 36.5 Å². The summed E-state index contributed by atoms with van der Waals surface area (Å²) in [5.41, 5.74) is 8.17. The number of benzene rings is 1. The minimum Gasteiger partial charge on any atom is -0.497 e. The van der Waals surface area contributed by atoms with Crippen LogP contribution in [0.1, 0.15) is 0 Å². The molecule has 16 heavy (non-hydrogen) atoms. The summed E-state index contributed by atoms with van der Waals surface area (Å²) in [6.45, 7) is 0. The third-order valence-electron chi connectivity index (χ3n) is 2.32. The van der Waals surface area contributed by atoms with Crippen LogP contribution >= 0.6 is 11.6 Å². The number of hydrogen-bond donors (Lipinski definition) is 1. The molecular weight excluding hydrogens is 224 g/mol. The number of aromatic nitrogens is 1. The minimum atomic E-state index is 0.408. The fourth-order valence-electron chi connectivity index (χ4n) is 1.49. The summed E-state index contributed by atoms with van der Waals surface area (Å²) in [7, 11) is 1.63. The van der Waals surface area contributed by atoms with Gasteiger partial charge in [0, 0.05) is 17.4 Å². The van der Waals surface area contributed by atoms with Crippen LogP contribution in [-0.2, 0) is 0 Å². The molecule has 0 aliphatic carbocycles. The van der Waals surface area contributed by atoms with E-state index in [1.165, 1.54) is 0 Å². The van der Waals surface area contributed by atoms with E-state index in [0.717, 1.165) is 16.9 Å². The van der Waals surface area contributed by atoms with Gasteiger partial charge in [0.25, 0.3) is 0 Å². The standard InChI is InChI=1S/C12H11ClN2O/c1-16-9-4-2-8(3-5-9)11-10(14)6-7-15-12(11)13/h2-7H,1H3,(H2,14,15). The Kier molecular flexibility index (Phi) is 2.97. The van der Waals surface area contributed by atoms with Gasteiger partial charge in [0.1, 0.15) is 10.9 Å². The molecule has 0 amide bonds. The Hall–Kier alpha value is -1.74. The molecule has 3 nitrogen and oxygen atoms in total. The van der Waals surface area contributed by atoms with Gasteiger partial charge in [-0.1, -0.05) is 23.7 Å². The molecule has 1 heterocycles. The van der Waals surface area contributed by atoms with E-state index >= 15 is 0 Å². The predicted molar refractivity (Wildman–Crippen MR) is 65.6 cm³/mol. The van der Waals surface area contributed by atoms with Crippen molar-refractivity contribution in [3.63, 3.8) is 0 Å². The van der Waals surface area contributed by atoms with E-state index in [-0.39, 0.29) is 0 Å². The number of pyridine rings is 1. The third kappa shape index (κ3) is 1.95. The summed E-state index contributed by atoms with van der Waals surface area (Å²) in [6.07, 6.45) is 1.59. The van der Waals surface area contributed by atoms with Gasteiger partial charge >= 0.3 is 0 Å². The van der Waals surface area contributed by atoms with Crippen molar-refractivity contribution < 1.29 is 4.74 Å². The van der Waals surface area contributed by atoms with Crippen molar-refractivity contribution in [2.24, 2.45) is 0 Å². The fourth-order valence-corrected chi connectivity index (χ4v) is 1.77. The van der Waals surface area contributed by atoms with Gasteiger partial charge in [-0.3, -0.25) is 0 Å². The second-order valence-electron chi connectivity index (χ2n) is 3.29. The van der Waals surface area contributed by atoms with E-state index in [0.29, 0.717) is 10.8 Å². The van der Waals surface area contributed by atoms with E-state index in [1.54, 1.807) is 19.4 Å². The summed E-state index contributed by atoms with van der Waals surface area (Å²) < 4.78 is 5.09. The van der Waals surface area contributed by atoms with E-state index in [2.05, 4.69) is 4.98 Å². The molecular formula is C12H11ClN2O. The third-order valence-corrected chi connectivity index (χ3v) is 2.60. The highest BCUT2D eigenvalue weighted by Crippen LogP contribution is 2.32. The zero-order valence-electron chi connectivity index (χ0n) is 8.77. The number of halogens is 1. The van der Waals surface area contributed by atoms with Gasteiger partial charge in [-0.25, -0.2) is 4.98 Å². The van der Waals surface area contributed by atoms with E-state index in [9.17, 15) is 0 Å². The van der Waals surface area contributed by atoms with Crippen molar-refractivity contribution in [1.29, 1.82) is 0 Å². The quantitative estimate of drug-likeness (QED) is 0.813. The lowest BCUT2D eigenvalue weighted by atomic mass is 10.1. The van der Waals surface area contributed by atoms with Crippen LogP contribution in [0.25, 0.3) is 11.1 Å². The predicted octanol–water partition coefficient (Wildman–Crippen LogP) is 2.99. The first-order chi connectivity index (χ1) is 7.72. The molecule has 0 saturated heterocycles. The van der Waals surface area contributed by atoms with Crippen molar-refractivity contribution in [1.82, 2.24) is 4.98 Å². The molecule has 0 bridgehead atoms. The first-order valence-electron chi connectivity index (χ1n) is 4.77. The molecule has 2 aromatic rings. The SMILES string of the molecule is COc1ccc(-c2c(N)ccnc2Cl)cc1. The lowest BCUT2D eigenvalue weighted by molar-refractivity contribution is 0.415. The minimum absolute atomic E-state index is 0.408. The van der Waals surface area contributed by atoms with Crippen LogP contribution in [0.2, 0.25) is 5.15 Å². The molecule has 0 aliphatic rings. The number of anilines is 1. The number of rotatable bonds is 2. The zero-order chi connectivity index (χ0) is 11.5. The van der Waals surface area contributed by atoms with Crippen molar-refractivity contribution in [2.45, 2.75) is 0 Å². The monoisotopic (exact) mass is 234 g/mol. The highest BCUT2D eigenvalue weighted by Gasteiger charge is 2.08. The van der Waals surface area contributed by atoms with Crippen molar-refractivity contribution in [3.05, 3.63) is 41.7 Å². The van der Waals surface area contributed by atoms with Gasteiger partial charge in [0.05, 0.1) is 7.11 Å². The Morgan fingerprint density at radius 2 is 1.88 bits per heavy atom. The smallest absolute Gasteiger partial charge is 0.138 e. The van der Waals surface area contributed by atoms with Crippen LogP contribution < -0.4 is 10.5 Å². The molecule has 0 atom stereocenters. The first kappa shape index (κ1) is 10.8. The Labute approximate surface area is 98.8 Å². The molecule has 0 aliphatic heterocycles. The number of ether oxygens (including phenoxy) is 1. The summed E-state index contributed by atoms with van der Waals surface area (Å²) >= 11 is 6.02. The molecule has 2 rings (SSSR count). The second-order valence-corrected chi connectivity index (χ2v) is 3.65. The molecule has 4 heteroatoms. The van der Waals surface area contributed by atoms with Gasteiger partial charge in [-0.2, -0.15) is 0 Å². The average Bonchev–Trinajstić information content (AvgIpc) is 2.30. The lowest BCUT2D eigenvalue weighted by Gasteiger charge is -2.07. The Morgan fingerprint density at radius 1 is 1.19 bits per heavy atom. The first-order valence-corrected chi connectivity index (χ1v) is 5.14. The summed E-state index contributed by atoms with van der Waals surface area (Å²) in [5.74, 6) is 0.794. The van der Waals surface area contributed by atoms with Gasteiger partial charge in [0.15, 0.2) is 0 Å². The topological polar surface area (TPSA) is 48.1 Å². The second kappa shape index (κ2) is 4.41. The lowest BCUT2D eigenvalue weighted by Crippen LogP contribution is -1.92. The van der Waals surface area contributed by atoms with E-state index < -0.39 is 0 Å². The average molecular weight is 235 g/mol. The largest absolute Gasteiger partial charge is 0.497 e. The van der Waals surface area contributed by atoms with Crippen molar-refractivity contribution in [2.75, 3.05) is 12.8 Å². The number of hydrogen-bond acceptors (Lipinski definition) is 3. The molecule has 1 aromatic heterocycles. The van der Waals surface area contributed by atoms with Crippen LogP contribution in [0.4, 0.5) is 5.69 Å². The highest BCUT2D eigenvalue weighted by atomic mass is 35.5. The maximum absolute atomic E-state index is 6.02. The van der Waals surface area contributed by atoms with Gasteiger partial charge < -0.3 is 10.5 Å². The highest BCUT2D eigenvalue weighted by molar-refractivity contribution is 6.32. The Bertz CT molecular complexity index is 477. The maximum atomic E-state index is 6.02. The normalized spacial score (nSPS) is 10.1. The van der Waals surface area contributed by atoms with Crippen LogP contribution in [0.5, 0.6) is 5.75 Å². The molecule has 0 radical (unpaired) electrons. The molecule has 0 saturated carbocycles. The van der Waals surface area contributed by atoms with E-state index in [4.69, 9.17) is 22.1 Å². The van der Waals surface area contributed by atoms with Crippen molar-refractivity contribution >= 4 is 17.3 Å². The summed E-state index contributed by atoms with van der Waals surface area (Å²) in [4.78, 5) is 4.01. The Morgan fingerprint density at radius 3 is 2.44 bits per heavy atom. The van der Waals surface area contributed by atoms with Gasteiger partial charge in [-0.05, 0) is 23.8 Å². The molecule has 0 spiro atoms. The van der Waals surface area contributed by atoms with Crippen LogP contribution in [-0.4, -0.2) is 12.1 Å². The Balaban J connectivity index is 2.50. The molecule has 1 aromatic carbocycles. The molecule has 0 fully saturated rings. The maximum Gasteiger partial charge on any atom is 0.138 e. The van der Waals surface area contributed by atoms with E-state index in [1.807, 2.05) is 24.3 Å². The molecule has 82 valence electrons.